The first kappa shape index (κ1) is 19.9. The van der Waals surface area contributed by atoms with Gasteiger partial charge in [-0.15, -0.1) is 0 Å². The van der Waals surface area contributed by atoms with Crippen molar-refractivity contribution in [1.82, 2.24) is 9.88 Å². The molecule has 2 heterocycles. The van der Waals surface area contributed by atoms with Gasteiger partial charge in [-0.3, -0.25) is 14.4 Å². The third kappa shape index (κ3) is 4.13. The molecule has 0 unspecified atom stereocenters. The summed E-state index contributed by atoms with van der Waals surface area (Å²) in [6.07, 6.45) is 0.876. The highest BCUT2D eigenvalue weighted by Crippen LogP contribution is 2.23. The van der Waals surface area contributed by atoms with Crippen LogP contribution >= 0.6 is 0 Å². The van der Waals surface area contributed by atoms with Gasteiger partial charge >= 0.3 is 5.97 Å². The first-order chi connectivity index (χ1) is 14.5. The maximum absolute atomic E-state index is 12.7. The van der Waals surface area contributed by atoms with Crippen molar-refractivity contribution in [3.05, 3.63) is 71.4 Å². The molecule has 30 heavy (non-hydrogen) atoms. The number of nitrogens with zero attached hydrogens (tertiary/aromatic N) is 1. The van der Waals surface area contributed by atoms with Gasteiger partial charge in [0.15, 0.2) is 6.61 Å². The molecule has 1 saturated heterocycles. The lowest BCUT2D eigenvalue weighted by molar-refractivity contribution is -0.147. The van der Waals surface area contributed by atoms with Crippen molar-refractivity contribution in [2.75, 3.05) is 19.7 Å². The van der Waals surface area contributed by atoms with Crippen molar-refractivity contribution in [1.29, 1.82) is 0 Å². The predicted molar refractivity (Wildman–Crippen MR) is 113 cm³/mol. The Kier molecular flexibility index (Phi) is 5.65. The SMILES string of the molecule is Cc1[nH]c2ccccc2c1C(=O)COC(=O)[C@H]1CC(=O)N(CCc2ccccc2)C1. The van der Waals surface area contributed by atoms with Crippen LogP contribution in [0.2, 0.25) is 0 Å². The molecule has 3 aromatic rings. The minimum absolute atomic E-state index is 0.0494. The van der Waals surface area contributed by atoms with Crippen LogP contribution < -0.4 is 0 Å². The van der Waals surface area contributed by atoms with E-state index >= 15 is 0 Å². The van der Waals surface area contributed by atoms with E-state index in [9.17, 15) is 14.4 Å². The molecule has 2 aromatic carbocycles. The Morgan fingerprint density at radius 2 is 1.83 bits per heavy atom. The van der Waals surface area contributed by atoms with Crippen LogP contribution in [0.3, 0.4) is 0 Å². The number of fused-ring (bicyclic) bond motifs is 1. The second-order valence-corrected chi connectivity index (χ2v) is 7.68. The third-order valence-electron chi connectivity index (χ3n) is 5.58. The van der Waals surface area contributed by atoms with E-state index in [4.69, 9.17) is 4.74 Å². The largest absolute Gasteiger partial charge is 0.457 e. The number of carbonyl (C=O) groups is 3. The van der Waals surface area contributed by atoms with E-state index in [1.165, 1.54) is 0 Å². The molecule has 4 rings (SSSR count). The van der Waals surface area contributed by atoms with E-state index < -0.39 is 11.9 Å². The second-order valence-electron chi connectivity index (χ2n) is 7.68. The summed E-state index contributed by atoms with van der Waals surface area (Å²) in [5.41, 5.74) is 3.32. The Labute approximate surface area is 174 Å². The van der Waals surface area contributed by atoms with E-state index in [-0.39, 0.29) is 24.7 Å². The molecule has 6 nitrogen and oxygen atoms in total. The molecule has 0 radical (unpaired) electrons. The molecule has 6 heteroatoms. The van der Waals surface area contributed by atoms with Crippen molar-refractivity contribution in [3.8, 4) is 0 Å². The summed E-state index contributed by atoms with van der Waals surface area (Å²) in [6.45, 7) is 2.41. The number of H-pyrrole nitrogens is 1. The number of aryl methyl sites for hydroxylation is 1. The van der Waals surface area contributed by atoms with Crippen LogP contribution in [0.15, 0.2) is 54.6 Å². The van der Waals surface area contributed by atoms with Crippen molar-refractivity contribution >= 4 is 28.6 Å². The number of hydrogen-bond donors (Lipinski definition) is 1. The fourth-order valence-electron chi connectivity index (χ4n) is 4.02. The van der Waals surface area contributed by atoms with E-state index in [2.05, 4.69) is 4.98 Å². The zero-order chi connectivity index (χ0) is 21.1. The van der Waals surface area contributed by atoms with Crippen molar-refractivity contribution in [2.45, 2.75) is 19.8 Å². The van der Waals surface area contributed by atoms with Gasteiger partial charge in [0.1, 0.15) is 0 Å². The summed E-state index contributed by atoms with van der Waals surface area (Å²) in [4.78, 5) is 42.3. The molecular formula is C24H24N2O4. The van der Waals surface area contributed by atoms with Crippen LogP contribution in [0.1, 0.15) is 28.0 Å². The number of aromatic nitrogens is 1. The number of carbonyl (C=O) groups excluding carboxylic acids is 3. The van der Waals surface area contributed by atoms with Gasteiger partial charge in [0, 0.05) is 41.7 Å². The average molecular weight is 404 g/mol. The molecule has 0 aliphatic carbocycles. The van der Waals surface area contributed by atoms with Gasteiger partial charge < -0.3 is 14.6 Å². The van der Waals surface area contributed by atoms with E-state index in [0.29, 0.717) is 18.7 Å². The van der Waals surface area contributed by atoms with Gasteiger partial charge in [-0.2, -0.15) is 0 Å². The topological polar surface area (TPSA) is 79.5 Å². The Balaban J connectivity index is 1.32. The normalized spacial score (nSPS) is 16.2. The molecule has 1 fully saturated rings. The monoisotopic (exact) mass is 404 g/mol. The lowest BCUT2D eigenvalue weighted by atomic mass is 10.1. The second kappa shape index (κ2) is 8.53. The highest BCUT2D eigenvalue weighted by molar-refractivity contribution is 6.10. The maximum Gasteiger partial charge on any atom is 0.311 e. The lowest BCUT2D eigenvalue weighted by Gasteiger charge is -2.16. The Hall–Kier alpha value is -3.41. The summed E-state index contributed by atoms with van der Waals surface area (Å²) in [7, 11) is 0. The summed E-state index contributed by atoms with van der Waals surface area (Å²) < 4.78 is 5.29. The standard InChI is InChI=1S/C24H24N2O4/c1-16-23(19-9-5-6-10-20(19)25-16)21(27)15-30-24(29)18-13-22(28)26(14-18)12-11-17-7-3-2-4-8-17/h2-10,18,25H,11-15H2,1H3/t18-/m0/s1. The van der Waals surface area contributed by atoms with Crippen LogP contribution in [0, 0.1) is 12.8 Å². The van der Waals surface area contributed by atoms with Gasteiger partial charge in [-0.05, 0) is 25.0 Å². The number of ketones is 1. The van der Waals surface area contributed by atoms with Crippen molar-refractivity contribution in [2.24, 2.45) is 5.92 Å². The molecule has 1 amide bonds. The van der Waals surface area contributed by atoms with Crippen molar-refractivity contribution < 1.29 is 19.1 Å². The summed E-state index contributed by atoms with van der Waals surface area (Å²) in [5.74, 6) is -1.31. The van der Waals surface area contributed by atoms with Gasteiger partial charge in [0.2, 0.25) is 11.7 Å². The Bertz CT molecular complexity index is 1090. The van der Waals surface area contributed by atoms with Gasteiger partial charge in [-0.25, -0.2) is 0 Å². The molecule has 1 aromatic heterocycles. The number of nitrogens with one attached hydrogen (secondary N) is 1. The minimum Gasteiger partial charge on any atom is -0.457 e. The molecule has 1 aliphatic heterocycles. The number of para-hydroxylation sites is 1. The van der Waals surface area contributed by atoms with Gasteiger partial charge in [0.25, 0.3) is 0 Å². The van der Waals surface area contributed by atoms with E-state index in [1.54, 1.807) is 4.90 Å². The molecule has 1 N–H and O–H groups in total. The average Bonchev–Trinajstić information content (AvgIpc) is 3.29. The number of Topliss-reactive ketones (excluding diaryl/α,β-unsaturated/α-hetero) is 1. The fraction of sp³-hybridized carbons (Fsp3) is 0.292. The number of likely N-dealkylation sites (tertiary alicyclic amines) is 1. The zero-order valence-corrected chi connectivity index (χ0v) is 16.9. The molecule has 1 aliphatic rings. The summed E-state index contributed by atoms with van der Waals surface area (Å²) in [5, 5.41) is 0.819. The smallest absolute Gasteiger partial charge is 0.311 e. The first-order valence-corrected chi connectivity index (χ1v) is 10.1. The highest BCUT2D eigenvalue weighted by atomic mass is 16.5. The molecule has 0 spiro atoms. The van der Waals surface area contributed by atoms with Crippen LogP contribution in [0.5, 0.6) is 0 Å². The predicted octanol–water partition coefficient (Wildman–Crippen LogP) is 3.29. The van der Waals surface area contributed by atoms with Crippen LogP contribution in [-0.2, 0) is 20.7 Å². The summed E-state index contributed by atoms with van der Waals surface area (Å²) >= 11 is 0. The number of ether oxygens (including phenoxy) is 1. The Morgan fingerprint density at radius 3 is 2.63 bits per heavy atom. The molecule has 154 valence electrons. The minimum atomic E-state index is -0.523. The zero-order valence-electron chi connectivity index (χ0n) is 16.9. The van der Waals surface area contributed by atoms with E-state index in [0.717, 1.165) is 28.6 Å². The van der Waals surface area contributed by atoms with Crippen molar-refractivity contribution in [3.63, 3.8) is 0 Å². The number of hydrogen-bond acceptors (Lipinski definition) is 4. The molecule has 1 atom stereocenters. The Morgan fingerprint density at radius 1 is 1.10 bits per heavy atom. The number of benzene rings is 2. The van der Waals surface area contributed by atoms with Crippen LogP contribution in [0.25, 0.3) is 10.9 Å². The molecular weight excluding hydrogens is 380 g/mol. The lowest BCUT2D eigenvalue weighted by Crippen LogP contribution is -2.29. The van der Waals surface area contributed by atoms with Gasteiger partial charge in [-0.1, -0.05) is 48.5 Å². The van der Waals surface area contributed by atoms with E-state index in [1.807, 2.05) is 61.5 Å². The molecule has 0 bridgehead atoms. The quantitative estimate of drug-likeness (QED) is 0.484. The highest BCUT2D eigenvalue weighted by Gasteiger charge is 2.35. The first-order valence-electron chi connectivity index (χ1n) is 10.1. The maximum atomic E-state index is 12.7. The fourth-order valence-corrected chi connectivity index (χ4v) is 4.02. The van der Waals surface area contributed by atoms with Crippen LogP contribution in [-0.4, -0.2) is 47.2 Å². The number of aromatic amines is 1. The number of esters is 1. The third-order valence-corrected chi connectivity index (χ3v) is 5.58. The van der Waals surface area contributed by atoms with Gasteiger partial charge in [0.05, 0.1) is 5.92 Å². The van der Waals surface area contributed by atoms with Crippen LogP contribution in [0.4, 0.5) is 0 Å². The number of rotatable bonds is 7. The summed E-state index contributed by atoms with van der Waals surface area (Å²) in [6, 6.07) is 17.5. The number of amides is 1. The molecule has 0 saturated carbocycles.